The number of methoxy groups -OCH3 is 1. The third kappa shape index (κ3) is 8.92. The summed E-state index contributed by atoms with van der Waals surface area (Å²) in [6, 6.07) is 13.7. The summed E-state index contributed by atoms with van der Waals surface area (Å²) in [4.78, 5) is 44.2. The van der Waals surface area contributed by atoms with Crippen molar-refractivity contribution in [1.29, 1.82) is 0 Å². The maximum atomic E-state index is 13.8. The SMILES string of the molecule is CCCCCCOc1ccc(NC(=O)CC2C(=O)N(c3ccc(OC)cc3)C(=S)N2CCCN2CCC(C(N)=O)CC2)cc1. The highest BCUT2D eigenvalue weighted by molar-refractivity contribution is 7.80. The second-order valence-corrected chi connectivity index (χ2v) is 11.8. The van der Waals surface area contributed by atoms with Gasteiger partial charge in [0.1, 0.15) is 17.5 Å². The molecule has 0 aromatic heterocycles. The Bertz CT molecular complexity index is 1260. The molecule has 11 heteroatoms. The van der Waals surface area contributed by atoms with E-state index in [2.05, 4.69) is 17.1 Å². The summed E-state index contributed by atoms with van der Waals surface area (Å²) < 4.78 is 11.1. The normalized spacial score (nSPS) is 17.6. The predicted molar refractivity (Wildman–Crippen MR) is 176 cm³/mol. The van der Waals surface area contributed by atoms with Gasteiger partial charge in [0.2, 0.25) is 11.8 Å². The Labute approximate surface area is 265 Å². The van der Waals surface area contributed by atoms with E-state index in [0.29, 0.717) is 35.4 Å². The monoisotopic (exact) mass is 623 g/mol. The molecule has 2 aliphatic rings. The zero-order valence-electron chi connectivity index (χ0n) is 25.8. The minimum atomic E-state index is -0.726. The minimum Gasteiger partial charge on any atom is -0.497 e. The fourth-order valence-electron chi connectivity index (χ4n) is 5.70. The van der Waals surface area contributed by atoms with E-state index in [1.54, 1.807) is 31.4 Å². The van der Waals surface area contributed by atoms with Gasteiger partial charge in [-0.25, -0.2) is 0 Å². The number of hydrogen-bond acceptors (Lipinski definition) is 7. The van der Waals surface area contributed by atoms with E-state index in [0.717, 1.165) is 57.5 Å². The number of nitrogens with zero attached hydrogens (tertiary/aromatic N) is 3. The maximum absolute atomic E-state index is 13.8. The second kappa shape index (κ2) is 16.4. The lowest BCUT2D eigenvalue weighted by Crippen LogP contribution is -2.41. The highest BCUT2D eigenvalue weighted by Gasteiger charge is 2.44. The molecule has 3 N–H and O–H groups in total. The summed E-state index contributed by atoms with van der Waals surface area (Å²) in [6.07, 6.45) is 6.79. The zero-order valence-corrected chi connectivity index (χ0v) is 26.7. The number of piperidine rings is 1. The quantitative estimate of drug-likeness (QED) is 0.206. The maximum Gasteiger partial charge on any atom is 0.256 e. The van der Waals surface area contributed by atoms with E-state index in [1.165, 1.54) is 17.7 Å². The summed E-state index contributed by atoms with van der Waals surface area (Å²) >= 11 is 5.82. The van der Waals surface area contributed by atoms with Crippen LogP contribution in [0, 0.1) is 5.92 Å². The first-order valence-corrected chi connectivity index (χ1v) is 16.0. The molecule has 2 aromatic carbocycles. The molecule has 10 nitrogen and oxygen atoms in total. The minimum absolute atomic E-state index is 0.0364. The van der Waals surface area contributed by atoms with Crippen molar-refractivity contribution in [1.82, 2.24) is 9.80 Å². The molecule has 238 valence electrons. The Morgan fingerprint density at radius 2 is 1.64 bits per heavy atom. The van der Waals surface area contributed by atoms with Gasteiger partial charge in [-0.05, 0) is 106 Å². The Balaban J connectivity index is 1.38. The zero-order chi connectivity index (χ0) is 31.5. The largest absolute Gasteiger partial charge is 0.497 e. The van der Waals surface area contributed by atoms with Crippen LogP contribution in [-0.2, 0) is 14.4 Å². The molecule has 44 heavy (non-hydrogen) atoms. The van der Waals surface area contributed by atoms with Crippen LogP contribution in [-0.4, -0.2) is 78.6 Å². The topological polar surface area (TPSA) is 117 Å². The number of carbonyl (C=O) groups is 3. The fourth-order valence-corrected chi connectivity index (χ4v) is 6.12. The third-order valence-corrected chi connectivity index (χ3v) is 8.71. The number of ether oxygens (including phenoxy) is 2. The molecule has 2 fully saturated rings. The van der Waals surface area contributed by atoms with Crippen LogP contribution in [0.15, 0.2) is 48.5 Å². The number of nitrogens with two attached hydrogens (primary N) is 1. The van der Waals surface area contributed by atoms with Crippen molar-refractivity contribution in [3.63, 3.8) is 0 Å². The Morgan fingerprint density at radius 1 is 0.955 bits per heavy atom. The van der Waals surface area contributed by atoms with Crippen LogP contribution in [0.5, 0.6) is 11.5 Å². The number of carbonyl (C=O) groups excluding carboxylic acids is 3. The van der Waals surface area contributed by atoms with Gasteiger partial charge in [0.25, 0.3) is 5.91 Å². The van der Waals surface area contributed by atoms with Gasteiger partial charge in [0.15, 0.2) is 5.11 Å². The van der Waals surface area contributed by atoms with Crippen LogP contribution in [0.2, 0.25) is 0 Å². The van der Waals surface area contributed by atoms with Gasteiger partial charge in [0.05, 0.1) is 25.8 Å². The van der Waals surface area contributed by atoms with Crippen molar-refractivity contribution in [3.05, 3.63) is 48.5 Å². The van der Waals surface area contributed by atoms with Gasteiger partial charge in [-0.1, -0.05) is 26.2 Å². The van der Waals surface area contributed by atoms with Crippen LogP contribution >= 0.6 is 12.2 Å². The molecule has 0 radical (unpaired) electrons. The molecule has 0 spiro atoms. The first-order valence-electron chi connectivity index (χ1n) is 15.6. The molecule has 4 rings (SSSR count). The first kappa shape index (κ1) is 33.2. The van der Waals surface area contributed by atoms with E-state index in [-0.39, 0.29) is 30.1 Å². The molecular formula is C33H45N5O5S. The van der Waals surface area contributed by atoms with Crippen molar-refractivity contribution < 1.29 is 23.9 Å². The van der Waals surface area contributed by atoms with Gasteiger partial charge < -0.3 is 30.3 Å². The number of benzene rings is 2. The molecule has 1 atom stereocenters. The summed E-state index contributed by atoms with van der Waals surface area (Å²) in [7, 11) is 1.59. The van der Waals surface area contributed by atoms with Gasteiger partial charge >= 0.3 is 0 Å². The number of unbranched alkanes of at least 4 members (excludes halogenated alkanes) is 3. The van der Waals surface area contributed by atoms with Crippen molar-refractivity contribution >= 4 is 46.4 Å². The summed E-state index contributed by atoms with van der Waals surface area (Å²) in [5.41, 5.74) is 6.75. The molecule has 0 bridgehead atoms. The first-order chi connectivity index (χ1) is 21.3. The van der Waals surface area contributed by atoms with E-state index >= 15 is 0 Å². The Kier molecular flexibility index (Phi) is 12.4. The molecular weight excluding hydrogens is 578 g/mol. The van der Waals surface area contributed by atoms with Crippen molar-refractivity contribution in [2.45, 2.75) is 64.3 Å². The van der Waals surface area contributed by atoms with Gasteiger partial charge in [-0.3, -0.25) is 19.3 Å². The van der Waals surface area contributed by atoms with E-state index in [9.17, 15) is 14.4 Å². The number of amides is 3. The Hall–Kier alpha value is -3.70. The summed E-state index contributed by atoms with van der Waals surface area (Å²) in [6.45, 7) is 5.79. The van der Waals surface area contributed by atoms with Crippen LogP contribution in [0.1, 0.15) is 58.3 Å². The number of anilines is 2. The van der Waals surface area contributed by atoms with Crippen LogP contribution in [0.3, 0.4) is 0 Å². The second-order valence-electron chi connectivity index (χ2n) is 11.4. The van der Waals surface area contributed by atoms with Crippen LogP contribution in [0.25, 0.3) is 0 Å². The number of rotatable bonds is 16. The molecule has 2 aliphatic heterocycles. The van der Waals surface area contributed by atoms with Crippen LogP contribution < -0.4 is 25.4 Å². The highest BCUT2D eigenvalue weighted by Crippen LogP contribution is 2.29. The molecule has 0 aliphatic carbocycles. The standard InChI is InChI=1S/C33H45N5O5S/c1-3-4-5-6-22-43-28-12-8-25(9-13-28)35-30(39)23-29-32(41)38(26-10-14-27(42-2)15-11-26)33(44)37(29)19-7-18-36-20-16-24(17-21-36)31(34)40/h8-15,24,29H,3-7,16-23H2,1-2H3,(H2,34,40)(H,35,39). The number of thiocarbonyl (C=S) groups is 1. The lowest BCUT2D eigenvalue weighted by Gasteiger charge is -2.31. The van der Waals surface area contributed by atoms with E-state index in [4.69, 9.17) is 27.4 Å². The highest BCUT2D eigenvalue weighted by atomic mass is 32.1. The fraction of sp³-hybridized carbons (Fsp3) is 0.515. The summed E-state index contributed by atoms with van der Waals surface area (Å²) in [5, 5.41) is 3.31. The molecule has 2 saturated heterocycles. The van der Waals surface area contributed by atoms with E-state index in [1.807, 2.05) is 29.2 Å². The van der Waals surface area contributed by atoms with Crippen molar-refractivity contribution in [2.24, 2.45) is 11.7 Å². The molecule has 1 unspecified atom stereocenters. The van der Waals surface area contributed by atoms with E-state index < -0.39 is 6.04 Å². The third-order valence-electron chi connectivity index (χ3n) is 8.30. The van der Waals surface area contributed by atoms with Crippen molar-refractivity contribution in [3.8, 4) is 11.5 Å². The smallest absolute Gasteiger partial charge is 0.256 e. The van der Waals surface area contributed by atoms with Gasteiger partial charge in [-0.15, -0.1) is 0 Å². The predicted octanol–water partition coefficient (Wildman–Crippen LogP) is 4.57. The van der Waals surface area contributed by atoms with Gasteiger partial charge in [0, 0.05) is 18.2 Å². The number of likely N-dealkylation sites (tertiary alicyclic amines) is 1. The number of hydrogen-bond donors (Lipinski definition) is 2. The van der Waals surface area contributed by atoms with Gasteiger partial charge in [-0.2, -0.15) is 0 Å². The molecule has 2 heterocycles. The lowest BCUT2D eigenvalue weighted by atomic mass is 9.96. The molecule has 0 saturated carbocycles. The number of nitrogens with one attached hydrogen (secondary N) is 1. The molecule has 3 amide bonds. The van der Waals surface area contributed by atoms with Crippen LogP contribution in [0.4, 0.5) is 11.4 Å². The van der Waals surface area contributed by atoms with Crippen molar-refractivity contribution in [2.75, 3.05) is 50.1 Å². The Morgan fingerprint density at radius 3 is 2.27 bits per heavy atom. The average Bonchev–Trinajstić information content (AvgIpc) is 3.25. The number of primary amides is 1. The average molecular weight is 624 g/mol. The summed E-state index contributed by atoms with van der Waals surface area (Å²) in [5.74, 6) is 0.643. The molecule has 2 aromatic rings. The lowest BCUT2D eigenvalue weighted by molar-refractivity contribution is -0.124.